The molecule has 0 bridgehead atoms. The molecule has 37 heavy (non-hydrogen) atoms. The van der Waals surface area contributed by atoms with Crippen LogP contribution in [-0.4, -0.2) is 67.9 Å². The van der Waals surface area contributed by atoms with Crippen molar-refractivity contribution >= 4 is 27.5 Å². The van der Waals surface area contributed by atoms with Crippen molar-refractivity contribution < 1.29 is 22.7 Å². The summed E-state index contributed by atoms with van der Waals surface area (Å²) in [5.74, 6) is -0.196. The smallest absolute Gasteiger partial charge is 0.260 e. The van der Waals surface area contributed by atoms with Crippen molar-refractivity contribution in [1.82, 2.24) is 14.6 Å². The van der Waals surface area contributed by atoms with Gasteiger partial charge in [-0.15, -0.1) is 0 Å². The number of sulfonamides is 1. The molecule has 0 aromatic heterocycles. The van der Waals surface area contributed by atoms with E-state index in [0.717, 1.165) is 37.1 Å². The minimum Gasteiger partial charge on any atom is -0.484 e. The fourth-order valence-corrected chi connectivity index (χ4v) is 6.05. The molecule has 0 aliphatic carbocycles. The van der Waals surface area contributed by atoms with Crippen molar-refractivity contribution in [1.29, 1.82) is 0 Å². The summed E-state index contributed by atoms with van der Waals surface area (Å²) in [6, 6.07) is 13.9. The molecule has 2 aromatic carbocycles. The lowest BCUT2D eigenvalue weighted by atomic mass is 9.99. The van der Waals surface area contributed by atoms with E-state index in [2.05, 4.69) is 10.5 Å². The lowest BCUT2D eigenvalue weighted by Gasteiger charge is -2.30. The quantitative estimate of drug-likeness (QED) is 0.420. The van der Waals surface area contributed by atoms with Gasteiger partial charge in [0.15, 0.2) is 6.61 Å². The Balaban J connectivity index is 1.30. The Morgan fingerprint density at radius 3 is 2.35 bits per heavy atom. The third kappa shape index (κ3) is 6.75. The first-order chi connectivity index (χ1) is 17.7. The van der Waals surface area contributed by atoms with Crippen LogP contribution in [-0.2, 0) is 19.6 Å². The molecule has 0 radical (unpaired) electrons. The standard InChI is InChI=1S/C27H34N4O5S/c1-20-7-13-25(14-8-20)37(34,35)31-17-5-6-23(18-31)27(33)29-28-21(2)22-9-11-24(12-10-22)36-19-26(32)30-15-3-4-16-30/h7-14,23H,3-6,15-19H2,1-2H3,(H,29,33)/b28-21-/t23-/m1/s1. The van der Waals surface area contributed by atoms with Gasteiger partial charge in [-0.25, -0.2) is 13.8 Å². The van der Waals surface area contributed by atoms with E-state index in [1.807, 2.05) is 24.0 Å². The monoisotopic (exact) mass is 526 g/mol. The van der Waals surface area contributed by atoms with Crippen molar-refractivity contribution in [3.05, 3.63) is 59.7 Å². The average molecular weight is 527 g/mol. The number of hydrazone groups is 1. The predicted octanol–water partition coefficient (Wildman–Crippen LogP) is 2.94. The van der Waals surface area contributed by atoms with Gasteiger partial charge in [-0.2, -0.15) is 9.41 Å². The van der Waals surface area contributed by atoms with Crippen molar-refractivity contribution in [3.8, 4) is 5.75 Å². The molecular weight excluding hydrogens is 492 g/mol. The predicted molar refractivity (Wildman–Crippen MR) is 141 cm³/mol. The Morgan fingerprint density at radius 1 is 1.00 bits per heavy atom. The van der Waals surface area contributed by atoms with Gasteiger partial charge in [-0.3, -0.25) is 9.59 Å². The number of benzene rings is 2. The zero-order chi connectivity index (χ0) is 26.4. The van der Waals surface area contributed by atoms with Crippen LogP contribution in [0, 0.1) is 12.8 Å². The molecule has 0 unspecified atom stereocenters. The lowest BCUT2D eigenvalue weighted by Crippen LogP contribution is -2.44. The van der Waals surface area contributed by atoms with E-state index >= 15 is 0 Å². The molecule has 2 aliphatic rings. The number of carbonyl (C=O) groups excluding carboxylic acids is 2. The van der Waals surface area contributed by atoms with Crippen LogP contribution in [0.2, 0.25) is 0 Å². The van der Waals surface area contributed by atoms with Crippen molar-refractivity contribution in [3.63, 3.8) is 0 Å². The molecule has 4 rings (SSSR count). The maximum atomic E-state index is 13.0. The summed E-state index contributed by atoms with van der Waals surface area (Å²) in [6.45, 7) is 5.80. The van der Waals surface area contributed by atoms with Crippen LogP contribution in [0.25, 0.3) is 0 Å². The summed E-state index contributed by atoms with van der Waals surface area (Å²) >= 11 is 0. The molecule has 0 saturated carbocycles. The van der Waals surface area contributed by atoms with Gasteiger partial charge in [-0.1, -0.05) is 17.7 Å². The highest BCUT2D eigenvalue weighted by molar-refractivity contribution is 7.89. The molecule has 9 nitrogen and oxygen atoms in total. The zero-order valence-electron chi connectivity index (χ0n) is 21.4. The Morgan fingerprint density at radius 2 is 1.68 bits per heavy atom. The third-order valence-electron chi connectivity index (χ3n) is 6.84. The van der Waals surface area contributed by atoms with Crippen LogP contribution in [0.15, 0.2) is 58.5 Å². The first-order valence-electron chi connectivity index (χ1n) is 12.7. The summed E-state index contributed by atoms with van der Waals surface area (Å²) in [5, 5.41) is 4.23. The van der Waals surface area contributed by atoms with Crippen molar-refractivity contribution in [2.45, 2.75) is 44.4 Å². The minimum atomic E-state index is -3.66. The first-order valence-corrected chi connectivity index (χ1v) is 14.1. The molecule has 1 N–H and O–H groups in total. The number of hydrogen-bond acceptors (Lipinski definition) is 6. The molecular formula is C27H34N4O5S. The maximum absolute atomic E-state index is 13.0. The number of carbonyl (C=O) groups is 2. The largest absolute Gasteiger partial charge is 0.484 e. The van der Waals surface area contributed by atoms with Gasteiger partial charge in [0.25, 0.3) is 5.91 Å². The fraction of sp³-hybridized carbons (Fsp3) is 0.444. The summed E-state index contributed by atoms with van der Waals surface area (Å²) in [4.78, 5) is 27.0. The fourth-order valence-electron chi connectivity index (χ4n) is 4.52. The summed E-state index contributed by atoms with van der Waals surface area (Å²) in [7, 11) is -3.66. The van der Waals surface area contributed by atoms with Crippen LogP contribution in [0.5, 0.6) is 5.75 Å². The van der Waals surface area contributed by atoms with Gasteiger partial charge < -0.3 is 9.64 Å². The molecule has 2 aromatic rings. The second-order valence-corrected chi connectivity index (χ2v) is 11.5. The number of rotatable bonds is 8. The molecule has 2 aliphatic heterocycles. The van der Waals surface area contributed by atoms with Crippen LogP contribution >= 0.6 is 0 Å². The van der Waals surface area contributed by atoms with E-state index in [-0.39, 0.29) is 29.9 Å². The minimum absolute atomic E-state index is 0.00465. The summed E-state index contributed by atoms with van der Waals surface area (Å²) < 4.78 is 33.1. The van der Waals surface area contributed by atoms with Gasteiger partial charge in [0.1, 0.15) is 5.75 Å². The highest BCUT2D eigenvalue weighted by atomic mass is 32.2. The number of nitrogens with one attached hydrogen (secondary N) is 1. The number of likely N-dealkylation sites (tertiary alicyclic amines) is 1. The second-order valence-electron chi connectivity index (χ2n) is 9.59. The molecule has 2 fully saturated rings. The zero-order valence-corrected chi connectivity index (χ0v) is 22.2. The highest BCUT2D eigenvalue weighted by Crippen LogP contribution is 2.24. The molecule has 2 heterocycles. The topological polar surface area (TPSA) is 108 Å². The molecule has 10 heteroatoms. The third-order valence-corrected chi connectivity index (χ3v) is 8.72. The van der Waals surface area contributed by atoms with Crippen LogP contribution in [0.1, 0.15) is 43.7 Å². The van der Waals surface area contributed by atoms with E-state index < -0.39 is 15.9 Å². The average Bonchev–Trinajstić information content (AvgIpc) is 3.46. The summed E-state index contributed by atoms with van der Waals surface area (Å²) in [5.41, 5.74) is 4.99. The van der Waals surface area contributed by atoms with Gasteiger partial charge in [0, 0.05) is 26.2 Å². The lowest BCUT2D eigenvalue weighted by molar-refractivity contribution is -0.132. The van der Waals surface area contributed by atoms with Crippen LogP contribution in [0.3, 0.4) is 0 Å². The number of ether oxygens (including phenoxy) is 1. The van der Waals surface area contributed by atoms with E-state index in [1.165, 1.54) is 4.31 Å². The van der Waals surface area contributed by atoms with Gasteiger partial charge >= 0.3 is 0 Å². The number of nitrogens with zero attached hydrogens (tertiary/aromatic N) is 3. The van der Waals surface area contributed by atoms with Crippen LogP contribution < -0.4 is 10.2 Å². The van der Waals surface area contributed by atoms with E-state index in [0.29, 0.717) is 30.8 Å². The Hall–Kier alpha value is -3.24. The van der Waals surface area contributed by atoms with Gasteiger partial charge in [0.05, 0.1) is 16.5 Å². The SMILES string of the molecule is C/C(=N/NC(=O)[C@@H]1CCCN(S(=O)(=O)c2ccc(C)cc2)C1)c1ccc(OCC(=O)N2CCCC2)cc1. The number of hydrogen-bond donors (Lipinski definition) is 1. The number of piperidine rings is 1. The first kappa shape index (κ1) is 26.8. The molecule has 0 spiro atoms. The normalized spacial score (nSPS) is 19.0. The van der Waals surface area contributed by atoms with Crippen LogP contribution in [0.4, 0.5) is 0 Å². The second kappa shape index (κ2) is 11.9. The van der Waals surface area contributed by atoms with Gasteiger partial charge in [-0.05, 0) is 81.5 Å². The van der Waals surface area contributed by atoms with E-state index in [9.17, 15) is 18.0 Å². The molecule has 2 amide bonds. The van der Waals surface area contributed by atoms with Gasteiger partial charge in [0.2, 0.25) is 15.9 Å². The van der Waals surface area contributed by atoms with Crippen molar-refractivity contribution in [2.24, 2.45) is 11.0 Å². The van der Waals surface area contributed by atoms with E-state index in [1.54, 1.807) is 43.3 Å². The maximum Gasteiger partial charge on any atom is 0.260 e. The Kier molecular flexibility index (Phi) is 8.60. The molecule has 1 atom stereocenters. The summed E-state index contributed by atoms with van der Waals surface area (Å²) in [6.07, 6.45) is 3.29. The Labute approximate surface area is 218 Å². The highest BCUT2D eigenvalue weighted by Gasteiger charge is 2.33. The molecule has 198 valence electrons. The molecule has 2 saturated heterocycles. The van der Waals surface area contributed by atoms with Crippen molar-refractivity contribution in [2.75, 3.05) is 32.8 Å². The number of amides is 2. The number of aryl methyl sites for hydroxylation is 1. The Bertz CT molecular complexity index is 1240. The van der Waals surface area contributed by atoms with E-state index in [4.69, 9.17) is 4.74 Å².